The number of rotatable bonds is 5. The first-order valence-electron chi connectivity index (χ1n) is 9.85. The second kappa shape index (κ2) is 9.89. The Morgan fingerprint density at radius 1 is 1.29 bits per heavy atom. The van der Waals surface area contributed by atoms with E-state index in [0.717, 1.165) is 42.9 Å². The largest absolute Gasteiger partial charge is 0.373 e. The molecule has 3 N–H and O–H groups in total. The Kier molecular flexibility index (Phi) is 7.53. The van der Waals surface area contributed by atoms with Crippen molar-refractivity contribution in [3.63, 3.8) is 0 Å². The van der Waals surface area contributed by atoms with Crippen LogP contribution in [0.5, 0.6) is 0 Å². The van der Waals surface area contributed by atoms with Crippen LogP contribution in [0.4, 0.5) is 5.69 Å². The monoisotopic (exact) mass is 500 g/mol. The van der Waals surface area contributed by atoms with Crippen LogP contribution >= 0.6 is 24.0 Å². The Morgan fingerprint density at radius 3 is 2.86 bits per heavy atom. The number of halogens is 1. The van der Waals surface area contributed by atoms with E-state index in [4.69, 9.17) is 9.47 Å². The molecule has 1 aromatic carbocycles. The third-order valence-corrected chi connectivity index (χ3v) is 5.53. The smallest absolute Gasteiger partial charge is 0.253 e. The second-order valence-electron chi connectivity index (χ2n) is 7.48. The number of nitrogens with one attached hydrogen (secondary N) is 3. The Balaban J connectivity index is 0.00000225. The quantitative estimate of drug-likeness (QED) is 0.329. The number of fused-ring (bicyclic) bond motifs is 2. The summed E-state index contributed by atoms with van der Waals surface area (Å²) in [5, 5.41) is 9.78. The highest BCUT2D eigenvalue weighted by molar-refractivity contribution is 14.0. The summed E-state index contributed by atoms with van der Waals surface area (Å²) in [5.74, 6) is 0.719. The molecule has 1 amide bonds. The van der Waals surface area contributed by atoms with Crippen molar-refractivity contribution in [1.82, 2.24) is 10.6 Å². The number of carbonyl (C=O) groups excluding carboxylic acids is 1. The summed E-state index contributed by atoms with van der Waals surface area (Å²) in [4.78, 5) is 16.5. The molecule has 7 nitrogen and oxygen atoms in total. The Bertz CT molecular complexity index is 708. The molecule has 3 fully saturated rings. The molecule has 8 heteroatoms. The first kappa shape index (κ1) is 21.3. The number of ether oxygens (including phenoxy) is 2. The molecular formula is C20H29IN4O3. The number of benzene rings is 1. The van der Waals surface area contributed by atoms with Gasteiger partial charge in [-0.3, -0.25) is 9.79 Å². The minimum absolute atomic E-state index is 0. The molecule has 0 radical (unpaired) electrons. The summed E-state index contributed by atoms with van der Waals surface area (Å²) in [6, 6.07) is 8.20. The number of aliphatic imine (C=N–C) groups is 1. The van der Waals surface area contributed by atoms with Gasteiger partial charge in [0.1, 0.15) is 6.10 Å². The van der Waals surface area contributed by atoms with Gasteiger partial charge in [-0.15, -0.1) is 24.0 Å². The predicted octanol–water partition coefficient (Wildman–Crippen LogP) is 2.41. The summed E-state index contributed by atoms with van der Waals surface area (Å²) < 4.78 is 11.3. The topological polar surface area (TPSA) is 84.0 Å². The number of hydrogen-bond donors (Lipinski definition) is 3. The van der Waals surface area contributed by atoms with Crippen molar-refractivity contribution >= 4 is 41.5 Å². The van der Waals surface area contributed by atoms with E-state index in [2.05, 4.69) is 20.9 Å². The van der Waals surface area contributed by atoms with Crippen LogP contribution in [0.2, 0.25) is 0 Å². The Morgan fingerprint density at radius 2 is 2.18 bits per heavy atom. The SMILES string of the molecule is CN=C(NCc1cccc(NC(=O)C2CCCO2)c1)NC1CC2CCC1O2.I. The molecule has 154 valence electrons. The Hall–Kier alpha value is -1.39. The molecule has 2 bridgehead atoms. The molecule has 3 aliphatic heterocycles. The van der Waals surface area contributed by atoms with Gasteiger partial charge in [0.15, 0.2) is 5.96 Å². The van der Waals surface area contributed by atoms with E-state index < -0.39 is 0 Å². The van der Waals surface area contributed by atoms with Gasteiger partial charge in [-0.2, -0.15) is 0 Å². The maximum absolute atomic E-state index is 12.2. The number of carbonyl (C=O) groups is 1. The van der Waals surface area contributed by atoms with Gasteiger partial charge < -0.3 is 25.4 Å². The summed E-state index contributed by atoms with van der Waals surface area (Å²) in [6.45, 7) is 1.30. The summed E-state index contributed by atoms with van der Waals surface area (Å²) in [6.07, 6.45) is 5.50. The number of hydrogen-bond acceptors (Lipinski definition) is 4. The summed E-state index contributed by atoms with van der Waals surface area (Å²) >= 11 is 0. The molecule has 3 saturated heterocycles. The highest BCUT2D eigenvalue weighted by Crippen LogP contribution is 2.34. The Labute approximate surface area is 183 Å². The minimum Gasteiger partial charge on any atom is -0.373 e. The van der Waals surface area contributed by atoms with E-state index in [9.17, 15) is 4.79 Å². The maximum atomic E-state index is 12.2. The average Bonchev–Trinajstić information content (AvgIpc) is 3.43. The lowest BCUT2D eigenvalue weighted by Gasteiger charge is -2.22. The molecule has 3 aliphatic rings. The summed E-state index contributed by atoms with van der Waals surface area (Å²) in [7, 11) is 1.78. The van der Waals surface area contributed by atoms with Crippen LogP contribution in [0.1, 0.15) is 37.7 Å². The lowest BCUT2D eigenvalue weighted by molar-refractivity contribution is -0.124. The van der Waals surface area contributed by atoms with E-state index in [-0.39, 0.29) is 36.0 Å². The van der Waals surface area contributed by atoms with Crippen molar-refractivity contribution in [2.75, 3.05) is 19.0 Å². The molecule has 4 atom stereocenters. The van der Waals surface area contributed by atoms with E-state index in [1.165, 1.54) is 6.42 Å². The van der Waals surface area contributed by atoms with Crippen molar-refractivity contribution in [3.8, 4) is 0 Å². The van der Waals surface area contributed by atoms with E-state index in [0.29, 0.717) is 31.4 Å². The molecular weight excluding hydrogens is 471 g/mol. The van der Waals surface area contributed by atoms with Crippen molar-refractivity contribution in [2.45, 2.75) is 63.0 Å². The molecule has 28 heavy (non-hydrogen) atoms. The number of anilines is 1. The number of nitrogens with zero attached hydrogens (tertiary/aromatic N) is 1. The average molecular weight is 500 g/mol. The highest BCUT2D eigenvalue weighted by Gasteiger charge is 2.41. The van der Waals surface area contributed by atoms with Gasteiger partial charge in [-0.1, -0.05) is 12.1 Å². The molecule has 4 unspecified atom stereocenters. The minimum atomic E-state index is -0.321. The van der Waals surface area contributed by atoms with Crippen molar-refractivity contribution < 1.29 is 14.3 Å². The van der Waals surface area contributed by atoms with Gasteiger partial charge in [-0.05, 0) is 49.8 Å². The van der Waals surface area contributed by atoms with Crippen LogP contribution in [-0.2, 0) is 20.8 Å². The van der Waals surface area contributed by atoms with Crippen LogP contribution in [0.15, 0.2) is 29.3 Å². The molecule has 0 spiro atoms. The summed E-state index contributed by atoms with van der Waals surface area (Å²) in [5.41, 5.74) is 1.87. The maximum Gasteiger partial charge on any atom is 0.253 e. The zero-order valence-corrected chi connectivity index (χ0v) is 18.5. The van der Waals surface area contributed by atoms with Gasteiger partial charge in [0.2, 0.25) is 0 Å². The van der Waals surface area contributed by atoms with Crippen molar-refractivity contribution in [3.05, 3.63) is 29.8 Å². The zero-order chi connectivity index (χ0) is 18.6. The highest BCUT2D eigenvalue weighted by atomic mass is 127. The van der Waals surface area contributed by atoms with Gasteiger partial charge in [0.25, 0.3) is 5.91 Å². The van der Waals surface area contributed by atoms with Gasteiger partial charge in [0, 0.05) is 25.9 Å². The normalized spacial score (nSPS) is 28.7. The number of amides is 1. The van der Waals surface area contributed by atoms with Gasteiger partial charge in [0.05, 0.1) is 18.2 Å². The van der Waals surface area contributed by atoms with E-state index >= 15 is 0 Å². The van der Waals surface area contributed by atoms with E-state index in [1.807, 2.05) is 24.3 Å². The third kappa shape index (κ3) is 5.15. The van der Waals surface area contributed by atoms with Crippen LogP contribution in [0.3, 0.4) is 0 Å². The first-order chi connectivity index (χ1) is 13.2. The van der Waals surface area contributed by atoms with Gasteiger partial charge in [-0.25, -0.2) is 0 Å². The van der Waals surface area contributed by atoms with Crippen LogP contribution in [-0.4, -0.2) is 49.9 Å². The lowest BCUT2D eigenvalue weighted by Crippen LogP contribution is -2.47. The molecule has 4 rings (SSSR count). The predicted molar refractivity (Wildman–Crippen MR) is 119 cm³/mol. The molecule has 1 aromatic rings. The van der Waals surface area contributed by atoms with E-state index in [1.54, 1.807) is 7.05 Å². The first-order valence-corrected chi connectivity index (χ1v) is 9.85. The second-order valence-corrected chi connectivity index (χ2v) is 7.48. The fourth-order valence-electron chi connectivity index (χ4n) is 4.11. The number of guanidine groups is 1. The fraction of sp³-hybridized carbons (Fsp3) is 0.600. The molecule has 3 heterocycles. The lowest BCUT2D eigenvalue weighted by atomic mass is 9.96. The van der Waals surface area contributed by atoms with Crippen molar-refractivity contribution in [2.24, 2.45) is 4.99 Å². The van der Waals surface area contributed by atoms with Gasteiger partial charge >= 0.3 is 0 Å². The molecule has 0 aliphatic carbocycles. The van der Waals surface area contributed by atoms with Crippen LogP contribution in [0, 0.1) is 0 Å². The van der Waals surface area contributed by atoms with Crippen LogP contribution in [0.25, 0.3) is 0 Å². The van der Waals surface area contributed by atoms with Crippen molar-refractivity contribution in [1.29, 1.82) is 0 Å². The molecule has 0 saturated carbocycles. The third-order valence-electron chi connectivity index (χ3n) is 5.53. The van der Waals surface area contributed by atoms with Crippen LogP contribution < -0.4 is 16.0 Å². The standard InChI is InChI=1S/C20H28N4O3.HI/c1-21-20(24-16-11-15-7-8-17(16)27-15)22-12-13-4-2-5-14(10-13)23-19(25)18-6-3-9-26-18;/h2,4-5,10,15-18H,3,6-9,11-12H2,1H3,(H,23,25)(H2,21,22,24);1H. The fourth-order valence-corrected chi connectivity index (χ4v) is 4.11. The molecule has 0 aromatic heterocycles. The zero-order valence-electron chi connectivity index (χ0n) is 16.1.